The monoisotopic (exact) mass is 246 g/mol. The van der Waals surface area contributed by atoms with E-state index in [1.807, 2.05) is 12.4 Å². The van der Waals surface area contributed by atoms with E-state index >= 15 is 0 Å². The first kappa shape index (κ1) is 6.27. The molecule has 2 N–H and O–H groups in total. The zero-order chi connectivity index (χ0) is 6.97. The summed E-state index contributed by atoms with van der Waals surface area (Å²) in [5.41, 5.74) is 0. The standard InChI is InChI=1S/C7H7IN2/c8-6-3-10-7-4-9-2-1-5(6)7/h1,3-4,9-10H,2H2. The fourth-order valence-electron chi connectivity index (χ4n) is 1.07. The molecule has 0 saturated heterocycles. The van der Waals surface area contributed by atoms with Crippen LogP contribution in [0.1, 0.15) is 0 Å². The van der Waals surface area contributed by atoms with Gasteiger partial charge in [-0.1, -0.05) is 6.08 Å². The number of fused-ring (bicyclic) bond motifs is 1. The predicted octanol–water partition coefficient (Wildman–Crippen LogP) is -0.259. The van der Waals surface area contributed by atoms with Crippen molar-refractivity contribution in [3.8, 4) is 0 Å². The number of hydrogen-bond donors (Lipinski definition) is 2. The molecule has 0 amide bonds. The topological polar surface area (TPSA) is 27.8 Å². The Morgan fingerprint density at radius 1 is 1.50 bits per heavy atom. The molecular formula is C7H7IN2. The summed E-state index contributed by atoms with van der Waals surface area (Å²) in [6.45, 7) is 0.945. The van der Waals surface area contributed by atoms with E-state index in [9.17, 15) is 0 Å². The summed E-state index contributed by atoms with van der Waals surface area (Å²) in [7, 11) is 0. The lowest BCUT2D eigenvalue weighted by atomic mass is 10.3. The zero-order valence-electron chi connectivity index (χ0n) is 5.32. The van der Waals surface area contributed by atoms with E-state index in [1.54, 1.807) is 0 Å². The summed E-state index contributed by atoms with van der Waals surface area (Å²) >= 11 is 2.33. The molecule has 0 fully saturated rings. The van der Waals surface area contributed by atoms with Gasteiger partial charge in [0, 0.05) is 27.7 Å². The normalized spacial score (nSPS) is 14.5. The van der Waals surface area contributed by atoms with Gasteiger partial charge in [-0.3, -0.25) is 0 Å². The van der Waals surface area contributed by atoms with Crippen molar-refractivity contribution in [1.82, 2.24) is 10.3 Å². The number of halogens is 1. The van der Waals surface area contributed by atoms with Crippen molar-refractivity contribution < 1.29 is 0 Å². The Morgan fingerprint density at radius 2 is 2.40 bits per heavy atom. The number of H-pyrrole nitrogens is 1. The maximum absolute atomic E-state index is 3.17. The lowest BCUT2D eigenvalue weighted by Crippen LogP contribution is -2.32. The number of rotatable bonds is 0. The highest BCUT2D eigenvalue weighted by Crippen LogP contribution is 1.91. The molecule has 2 rings (SSSR count). The van der Waals surface area contributed by atoms with Crippen LogP contribution in [0.3, 0.4) is 0 Å². The summed E-state index contributed by atoms with van der Waals surface area (Å²) in [5.74, 6) is 0. The second kappa shape index (κ2) is 2.30. The van der Waals surface area contributed by atoms with Crippen LogP contribution in [-0.2, 0) is 0 Å². The fourth-order valence-corrected chi connectivity index (χ4v) is 1.74. The Labute approximate surface area is 72.2 Å². The second-order valence-electron chi connectivity index (χ2n) is 2.22. The molecule has 0 radical (unpaired) electrons. The Hall–Kier alpha value is -0.450. The van der Waals surface area contributed by atoms with Crippen molar-refractivity contribution in [1.29, 1.82) is 0 Å². The van der Waals surface area contributed by atoms with Crippen LogP contribution in [0.5, 0.6) is 0 Å². The maximum atomic E-state index is 3.17. The first-order valence-corrected chi connectivity index (χ1v) is 4.22. The van der Waals surface area contributed by atoms with Crippen LogP contribution >= 0.6 is 22.6 Å². The smallest absolute Gasteiger partial charge is 0.0622 e. The van der Waals surface area contributed by atoms with Gasteiger partial charge in [0.15, 0.2) is 0 Å². The highest BCUT2D eigenvalue weighted by Gasteiger charge is 1.96. The summed E-state index contributed by atoms with van der Waals surface area (Å²) in [5, 5.41) is 5.66. The van der Waals surface area contributed by atoms with Crippen molar-refractivity contribution in [2.75, 3.05) is 6.54 Å². The van der Waals surface area contributed by atoms with E-state index in [2.05, 4.69) is 39.0 Å². The largest absolute Gasteiger partial charge is 0.386 e. The zero-order valence-corrected chi connectivity index (χ0v) is 7.47. The summed E-state index contributed by atoms with van der Waals surface area (Å²) in [6, 6.07) is 0. The molecule has 2 heterocycles. The molecule has 10 heavy (non-hydrogen) atoms. The number of nitrogens with one attached hydrogen (secondary N) is 2. The van der Waals surface area contributed by atoms with Gasteiger partial charge in [-0.05, 0) is 22.6 Å². The van der Waals surface area contributed by atoms with E-state index < -0.39 is 0 Å². The molecule has 0 saturated carbocycles. The molecule has 1 aliphatic heterocycles. The SMILES string of the molecule is Ic1c[nH]c2c1=CCNC=2. The first-order valence-electron chi connectivity index (χ1n) is 3.14. The van der Waals surface area contributed by atoms with Crippen LogP contribution in [-0.4, -0.2) is 11.5 Å². The van der Waals surface area contributed by atoms with Gasteiger partial charge in [-0.15, -0.1) is 0 Å². The van der Waals surface area contributed by atoms with Crippen LogP contribution in [0.15, 0.2) is 6.20 Å². The molecule has 0 atom stereocenters. The molecule has 0 aromatic carbocycles. The lowest BCUT2D eigenvalue weighted by Gasteiger charge is -1.97. The van der Waals surface area contributed by atoms with E-state index in [1.165, 1.54) is 14.1 Å². The minimum Gasteiger partial charge on any atom is -0.386 e. The Morgan fingerprint density at radius 3 is 3.20 bits per heavy atom. The minimum absolute atomic E-state index is 0.945. The summed E-state index contributed by atoms with van der Waals surface area (Å²) in [6.07, 6.45) is 6.22. The molecule has 2 nitrogen and oxygen atoms in total. The van der Waals surface area contributed by atoms with Crippen LogP contribution in [0.4, 0.5) is 0 Å². The van der Waals surface area contributed by atoms with Crippen molar-refractivity contribution in [3.05, 3.63) is 20.3 Å². The molecule has 1 aromatic heterocycles. The van der Waals surface area contributed by atoms with Gasteiger partial charge >= 0.3 is 0 Å². The van der Waals surface area contributed by atoms with Crippen molar-refractivity contribution >= 4 is 34.9 Å². The third-order valence-electron chi connectivity index (χ3n) is 1.57. The Kier molecular flexibility index (Phi) is 1.44. The quantitative estimate of drug-likeness (QED) is 0.606. The Balaban J connectivity index is 2.89. The molecule has 0 bridgehead atoms. The van der Waals surface area contributed by atoms with Crippen LogP contribution in [0.2, 0.25) is 0 Å². The average molecular weight is 246 g/mol. The summed E-state index contributed by atoms with van der Waals surface area (Å²) < 4.78 is 1.30. The highest BCUT2D eigenvalue weighted by molar-refractivity contribution is 14.1. The second-order valence-corrected chi connectivity index (χ2v) is 3.38. The van der Waals surface area contributed by atoms with Crippen molar-refractivity contribution in [3.63, 3.8) is 0 Å². The third-order valence-corrected chi connectivity index (χ3v) is 2.46. The molecular weight excluding hydrogens is 239 g/mol. The van der Waals surface area contributed by atoms with Gasteiger partial charge in [0.1, 0.15) is 0 Å². The van der Waals surface area contributed by atoms with Crippen LogP contribution < -0.4 is 15.9 Å². The first-order chi connectivity index (χ1) is 4.88. The molecule has 52 valence electrons. The molecule has 0 aliphatic carbocycles. The van der Waals surface area contributed by atoms with Gasteiger partial charge < -0.3 is 10.3 Å². The van der Waals surface area contributed by atoms with E-state index in [0.717, 1.165) is 6.54 Å². The van der Waals surface area contributed by atoms with Crippen LogP contribution in [0, 0.1) is 3.57 Å². The van der Waals surface area contributed by atoms with Gasteiger partial charge in [0.2, 0.25) is 0 Å². The Bertz CT molecular complexity index is 350. The summed E-state index contributed by atoms with van der Waals surface area (Å²) in [4.78, 5) is 3.17. The van der Waals surface area contributed by atoms with E-state index in [0.29, 0.717) is 0 Å². The fraction of sp³-hybridized carbons (Fsp3) is 0.143. The number of hydrogen-bond acceptors (Lipinski definition) is 1. The van der Waals surface area contributed by atoms with E-state index in [-0.39, 0.29) is 0 Å². The maximum Gasteiger partial charge on any atom is 0.0622 e. The van der Waals surface area contributed by atoms with E-state index in [4.69, 9.17) is 0 Å². The molecule has 0 unspecified atom stereocenters. The molecule has 1 aliphatic rings. The molecule has 0 spiro atoms. The van der Waals surface area contributed by atoms with Gasteiger partial charge in [0.05, 0.1) is 5.35 Å². The molecule has 3 heteroatoms. The minimum atomic E-state index is 0.945. The van der Waals surface area contributed by atoms with Crippen molar-refractivity contribution in [2.45, 2.75) is 0 Å². The van der Waals surface area contributed by atoms with Crippen LogP contribution in [0.25, 0.3) is 12.3 Å². The molecule has 1 aromatic rings. The van der Waals surface area contributed by atoms with Gasteiger partial charge in [0.25, 0.3) is 0 Å². The predicted molar refractivity (Wildman–Crippen MR) is 49.7 cm³/mol. The van der Waals surface area contributed by atoms with Gasteiger partial charge in [-0.2, -0.15) is 0 Å². The number of aromatic amines is 1. The number of aromatic nitrogens is 1. The highest BCUT2D eigenvalue weighted by atomic mass is 127. The third kappa shape index (κ3) is 0.847. The van der Waals surface area contributed by atoms with Gasteiger partial charge in [-0.25, -0.2) is 0 Å². The average Bonchev–Trinajstić information content (AvgIpc) is 2.34. The lowest BCUT2D eigenvalue weighted by molar-refractivity contribution is 1.04. The van der Waals surface area contributed by atoms with Crippen molar-refractivity contribution in [2.24, 2.45) is 0 Å².